The second kappa shape index (κ2) is 7.04. The van der Waals surface area contributed by atoms with E-state index in [1.54, 1.807) is 11.6 Å². The Hall–Kier alpha value is -3.49. The van der Waals surface area contributed by atoms with Crippen molar-refractivity contribution in [1.29, 1.82) is 0 Å². The van der Waals surface area contributed by atoms with Gasteiger partial charge in [-0.3, -0.25) is 4.98 Å². The summed E-state index contributed by atoms with van der Waals surface area (Å²) >= 11 is 0. The molecule has 3 aromatic heterocycles. The summed E-state index contributed by atoms with van der Waals surface area (Å²) in [6.45, 7) is 1.77. The lowest BCUT2D eigenvalue weighted by atomic mass is 9.97. The Morgan fingerprint density at radius 2 is 1.97 bits per heavy atom. The Bertz CT molecular complexity index is 1260. The number of para-hydroxylation sites is 1. The first-order valence-corrected chi connectivity index (χ1v) is 10.8. The summed E-state index contributed by atoms with van der Waals surface area (Å²) in [6.07, 6.45) is 8.39. The lowest BCUT2D eigenvalue weighted by Gasteiger charge is -2.32. The highest BCUT2D eigenvalue weighted by Gasteiger charge is 2.28. The fourth-order valence-corrected chi connectivity index (χ4v) is 4.46. The number of nitrogen functional groups attached to an aromatic ring is 1. The van der Waals surface area contributed by atoms with Gasteiger partial charge in [-0.1, -0.05) is 6.07 Å². The standard InChI is InChI=1S/C22H24N8O/c1-31-17-6-2-5-15-19(17)26-22(23)30-21(15)27-20(28-30)14-4-3-9-29(12-14)18-11-24-16(10-25-18)13-7-8-13/h2,5-6,10-11,13-14H,3-4,7-9,12H2,1H3,(H2,23,26)/t14-/m1/s1. The number of rotatable bonds is 4. The number of piperidine rings is 1. The van der Waals surface area contributed by atoms with Gasteiger partial charge in [-0.2, -0.15) is 4.52 Å². The summed E-state index contributed by atoms with van der Waals surface area (Å²) in [4.78, 5) is 21.0. The molecule has 2 aliphatic rings. The van der Waals surface area contributed by atoms with E-state index in [1.807, 2.05) is 30.6 Å². The highest BCUT2D eigenvalue weighted by atomic mass is 16.5. The Morgan fingerprint density at radius 3 is 2.74 bits per heavy atom. The fraction of sp³-hybridized carbons (Fsp3) is 0.409. The minimum absolute atomic E-state index is 0.193. The minimum atomic E-state index is 0.193. The van der Waals surface area contributed by atoms with E-state index in [4.69, 9.17) is 20.6 Å². The SMILES string of the molecule is COc1cccc2c1nc(N)n1nc([C@@H]3CCCN(c4cnc(C5CC5)cn4)C3)nc21. The summed E-state index contributed by atoms with van der Waals surface area (Å²) in [5.41, 5.74) is 8.74. The van der Waals surface area contributed by atoms with Crippen molar-refractivity contribution in [2.45, 2.75) is 37.5 Å². The maximum absolute atomic E-state index is 6.22. The van der Waals surface area contributed by atoms with E-state index >= 15 is 0 Å². The van der Waals surface area contributed by atoms with Crippen LogP contribution in [0.15, 0.2) is 30.6 Å². The van der Waals surface area contributed by atoms with Gasteiger partial charge in [0.2, 0.25) is 5.95 Å². The van der Waals surface area contributed by atoms with Crippen LogP contribution >= 0.6 is 0 Å². The predicted octanol–water partition coefficient (Wildman–Crippen LogP) is 2.92. The van der Waals surface area contributed by atoms with Crippen LogP contribution in [-0.2, 0) is 0 Å². The topological polar surface area (TPSA) is 107 Å². The average molecular weight is 416 g/mol. The molecule has 1 saturated carbocycles. The van der Waals surface area contributed by atoms with E-state index in [1.165, 1.54) is 12.8 Å². The van der Waals surface area contributed by atoms with E-state index in [2.05, 4.69) is 19.9 Å². The first kappa shape index (κ1) is 18.3. The van der Waals surface area contributed by atoms with Crippen LogP contribution in [0.1, 0.15) is 49.0 Å². The Morgan fingerprint density at radius 1 is 1.06 bits per heavy atom. The number of anilines is 2. The molecule has 9 nitrogen and oxygen atoms in total. The second-order valence-corrected chi connectivity index (χ2v) is 8.39. The molecule has 0 bridgehead atoms. The minimum Gasteiger partial charge on any atom is -0.494 e. The zero-order valence-corrected chi connectivity index (χ0v) is 17.4. The van der Waals surface area contributed by atoms with Crippen LogP contribution in [-0.4, -0.2) is 49.7 Å². The lowest BCUT2D eigenvalue weighted by molar-refractivity contribution is 0.419. The molecule has 6 rings (SSSR count). The van der Waals surface area contributed by atoms with Crippen molar-refractivity contribution in [3.63, 3.8) is 0 Å². The number of benzene rings is 1. The van der Waals surface area contributed by atoms with Gasteiger partial charge in [-0.15, -0.1) is 5.10 Å². The van der Waals surface area contributed by atoms with E-state index in [0.29, 0.717) is 28.8 Å². The number of aromatic nitrogens is 6. The monoisotopic (exact) mass is 416 g/mol. The van der Waals surface area contributed by atoms with Crippen molar-refractivity contribution >= 4 is 28.3 Å². The third kappa shape index (κ3) is 3.11. The van der Waals surface area contributed by atoms with Gasteiger partial charge in [0.25, 0.3) is 0 Å². The van der Waals surface area contributed by atoms with Gasteiger partial charge in [0.15, 0.2) is 11.5 Å². The smallest absolute Gasteiger partial charge is 0.223 e. The lowest BCUT2D eigenvalue weighted by Crippen LogP contribution is -2.35. The van der Waals surface area contributed by atoms with Crippen LogP contribution < -0.4 is 15.4 Å². The molecule has 1 saturated heterocycles. The van der Waals surface area contributed by atoms with Gasteiger partial charge in [-0.05, 0) is 37.8 Å². The normalized spacial score (nSPS) is 19.3. The zero-order valence-electron chi connectivity index (χ0n) is 17.4. The van der Waals surface area contributed by atoms with Crippen LogP contribution in [0.3, 0.4) is 0 Å². The van der Waals surface area contributed by atoms with Crippen molar-refractivity contribution in [3.8, 4) is 5.75 Å². The molecule has 1 aliphatic heterocycles. The van der Waals surface area contributed by atoms with Crippen LogP contribution in [0.25, 0.3) is 16.6 Å². The first-order chi connectivity index (χ1) is 15.2. The fourth-order valence-electron chi connectivity index (χ4n) is 4.46. The van der Waals surface area contributed by atoms with E-state index in [0.717, 1.165) is 48.7 Å². The Labute approximate surface area is 179 Å². The Kier molecular flexibility index (Phi) is 4.15. The third-order valence-electron chi connectivity index (χ3n) is 6.29. The largest absolute Gasteiger partial charge is 0.494 e. The zero-order chi connectivity index (χ0) is 20.9. The first-order valence-electron chi connectivity index (χ1n) is 10.8. The molecule has 1 atom stereocenters. The maximum atomic E-state index is 6.22. The van der Waals surface area contributed by atoms with Crippen LogP contribution in [0.4, 0.5) is 11.8 Å². The number of methoxy groups -OCH3 is 1. The Balaban J connectivity index is 1.33. The van der Waals surface area contributed by atoms with Crippen molar-refractivity contribution in [3.05, 3.63) is 42.1 Å². The predicted molar refractivity (Wildman–Crippen MR) is 117 cm³/mol. The average Bonchev–Trinajstić information content (AvgIpc) is 3.56. The van der Waals surface area contributed by atoms with Crippen molar-refractivity contribution in [2.24, 2.45) is 0 Å². The van der Waals surface area contributed by atoms with E-state index in [-0.39, 0.29) is 5.92 Å². The van der Waals surface area contributed by atoms with Crippen molar-refractivity contribution in [2.75, 3.05) is 30.8 Å². The second-order valence-electron chi connectivity index (χ2n) is 8.39. The van der Waals surface area contributed by atoms with Crippen LogP contribution in [0.2, 0.25) is 0 Å². The molecule has 158 valence electrons. The highest BCUT2D eigenvalue weighted by Crippen LogP contribution is 2.39. The molecule has 0 spiro atoms. The van der Waals surface area contributed by atoms with Crippen molar-refractivity contribution < 1.29 is 4.74 Å². The molecule has 31 heavy (non-hydrogen) atoms. The highest BCUT2D eigenvalue weighted by molar-refractivity contribution is 5.95. The number of nitrogens with two attached hydrogens (primary N) is 1. The molecule has 4 aromatic rings. The van der Waals surface area contributed by atoms with Gasteiger partial charge in [0.1, 0.15) is 17.1 Å². The molecule has 4 heterocycles. The molecule has 0 radical (unpaired) electrons. The van der Waals surface area contributed by atoms with Gasteiger partial charge < -0.3 is 15.4 Å². The van der Waals surface area contributed by atoms with Gasteiger partial charge >= 0.3 is 0 Å². The molecule has 1 aromatic carbocycles. The molecule has 2 N–H and O–H groups in total. The summed E-state index contributed by atoms with van der Waals surface area (Å²) < 4.78 is 7.09. The number of ether oxygens (including phenoxy) is 1. The van der Waals surface area contributed by atoms with E-state index < -0.39 is 0 Å². The molecule has 9 heteroatoms. The van der Waals surface area contributed by atoms with Gasteiger partial charge in [-0.25, -0.2) is 15.0 Å². The summed E-state index contributed by atoms with van der Waals surface area (Å²) in [6, 6.07) is 5.78. The molecule has 2 fully saturated rings. The number of fused-ring (bicyclic) bond motifs is 3. The molecular weight excluding hydrogens is 392 g/mol. The quantitative estimate of drug-likeness (QED) is 0.541. The number of hydrogen-bond donors (Lipinski definition) is 1. The molecular formula is C22H24N8O. The molecule has 0 amide bonds. The van der Waals surface area contributed by atoms with Crippen LogP contribution in [0, 0.1) is 0 Å². The number of hydrogen-bond acceptors (Lipinski definition) is 8. The summed E-state index contributed by atoms with van der Waals surface area (Å²) in [7, 11) is 1.63. The summed E-state index contributed by atoms with van der Waals surface area (Å²) in [5.74, 6) is 3.50. The molecule has 0 unspecified atom stereocenters. The van der Waals surface area contributed by atoms with Gasteiger partial charge in [0, 0.05) is 30.3 Å². The van der Waals surface area contributed by atoms with Crippen LogP contribution in [0.5, 0.6) is 5.75 Å². The third-order valence-corrected chi connectivity index (χ3v) is 6.29. The van der Waals surface area contributed by atoms with Gasteiger partial charge in [0.05, 0.1) is 25.2 Å². The summed E-state index contributed by atoms with van der Waals surface area (Å²) in [5, 5.41) is 5.61. The van der Waals surface area contributed by atoms with E-state index in [9.17, 15) is 0 Å². The molecule has 1 aliphatic carbocycles. The number of nitrogens with zero attached hydrogens (tertiary/aromatic N) is 7. The van der Waals surface area contributed by atoms with Crippen molar-refractivity contribution in [1.82, 2.24) is 29.5 Å². The maximum Gasteiger partial charge on any atom is 0.223 e.